The summed E-state index contributed by atoms with van der Waals surface area (Å²) in [4.78, 5) is 9.77. The van der Waals surface area contributed by atoms with Crippen molar-refractivity contribution in [3.05, 3.63) is 244 Å². The second-order valence-electron chi connectivity index (χ2n) is 18.4. The van der Waals surface area contributed by atoms with Gasteiger partial charge in [0.2, 0.25) is 0 Å². The van der Waals surface area contributed by atoms with Gasteiger partial charge in [0.1, 0.15) is 0 Å². The molecule has 4 heteroatoms. The van der Waals surface area contributed by atoms with Crippen molar-refractivity contribution in [3.8, 4) is 0 Å². The Hall–Kier alpha value is -7.56. The fourth-order valence-corrected chi connectivity index (χ4v) is 9.69. The van der Waals surface area contributed by atoms with Gasteiger partial charge in [-0.05, 0) is 228 Å². The first-order valence-corrected chi connectivity index (χ1v) is 23.7. The van der Waals surface area contributed by atoms with Crippen molar-refractivity contribution in [1.29, 1.82) is 0 Å². The Morgan fingerprint density at radius 1 is 0.284 bits per heavy atom. The van der Waals surface area contributed by atoms with Crippen molar-refractivity contribution < 1.29 is 0 Å². The van der Waals surface area contributed by atoms with Crippen molar-refractivity contribution in [3.63, 3.8) is 0 Å². The van der Waals surface area contributed by atoms with Crippen LogP contribution in [-0.4, -0.2) is 0 Å². The number of rotatable bonds is 12. The number of anilines is 11. The van der Waals surface area contributed by atoms with Crippen LogP contribution in [0.4, 0.5) is 62.6 Å². The van der Waals surface area contributed by atoms with Crippen molar-refractivity contribution in [1.82, 2.24) is 0 Å². The van der Waals surface area contributed by atoms with Crippen molar-refractivity contribution >= 4 is 62.6 Å². The Labute approximate surface area is 399 Å². The smallest absolute Gasteiger partial charge is 0.0495 e. The fraction of sp³-hybridized carbons (Fsp3) is 0.175. The van der Waals surface area contributed by atoms with Crippen LogP contribution in [0.25, 0.3) is 0 Å². The molecule has 0 amide bonds. The van der Waals surface area contributed by atoms with E-state index in [1.54, 1.807) is 0 Å². The Morgan fingerprint density at radius 3 is 0.925 bits per heavy atom. The molecule has 0 N–H and O–H groups in total. The van der Waals surface area contributed by atoms with Gasteiger partial charge in [0.25, 0.3) is 0 Å². The average Bonchev–Trinajstić information content (AvgIpc) is 3.32. The first-order chi connectivity index (χ1) is 32.4. The van der Waals surface area contributed by atoms with Crippen LogP contribution in [0.5, 0.6) is 0 Å². The summed E-state index contributed by atoms with van der Waals surface area (Å²) in [5.74, 6) is 0. The van der Waals surface area contributed by atoms with Crippen LogP contribution in [0.1, 0.15) is 62.9 Å². The van der Waals surface area contributed by atoms with Gasteiger partial charge in [-0.3, -0.25) is 0 Å². The molecule has 0 saturated heterocycles. The molecule has 1 aliphatic carbocycles. The first kappa shape index (κ1) is 44.6. The number of hydrogen-bond acceptors (Lipinski definition) is 4. The maximum Gasteiger partial charge on any atom is 0.0495 e. The summed E-state index contributed by atoms with van der Waals surface area (Å²) in [5, 5.41) is 0. The summed E-state index contributed by atoms with van der Waals surface area (Å²) >= 11 is 0. The second-order valence-corrected chi connectivity index (χ2v) is 18.4. The van der Waals surface area contributed by atoms with E-state index < -0.39 is 0 Å². The number of allylic oxidation sites excluding steroid dienone is 3. The molecule has 9 rings (SSSR count). The topological polar surface area (TPSA) is 13.0 Å². The van der Waals surface area contributed by atoms with Gasteiger partial charge >= 0.3 is 0 Å². The molecule has 334 valence electrons. The third-order valence-corrected chi connectivity index (χ3v) is 13.0. The summed E-state index contributed by atoms with van der Waals surface area (Å²) in [6, 6.07) is 62.4. The van der Waals surface area contributed by atoms with Gasteiger partial charge in [0.05, 0.1) is 0 Å². The standard InChI is InChI=1S/C63H62N4/c1-43-22-19-31-55(34-43)64(52-25-13-10-14-26-52)58-37-49(7)61(40-46(58)4)67(62-41-47(5)59(38-50(62)8)65(53-27-15-11-16-28-53)56-32-20-23-44(2)35-56)63-42-48(6)60(39-51(63)9)66(54-29-17-12-18-30-54)57-33-21-24-45(3)36-57/h10-11,13-17,19-42H,12,18H2,1-9H3. The van der Waals surface area contributed by atoms with Crippen molar-refractivity contribution in [2.24, 2.45) is 0 Å². The summed E-state index contributed by atoms with van der Waals surface area (Å²) in [5.41, 5.74) is 24.7. The molecule has 0 aromatic heterocycles. The molecule has 8 aromatic rings. The van der Waals surface area contributed by atoms with Crippen LogP contribution in [0.15, 0.2) is 194 Å². The zero-order valence-electron chi connectivity index (χ0n) is 40.6. The second kappa shape index (κ2) is 19.1. The molecule has 0 saturated carbocycles. The molecule has 1 aliphatic rings. The number of aryl methyl sites for hydroxylation is 9. The lowest BCUT2D eigenvalue weighted by Gasteiger charge is -2.35. The lowest BCUT2D eigenvalue weighted by atomic mass is 9.98. The highest BCUT2D eigenvalue weighted by Crippen LogP contribution is 2.49. The molecule has 0 spiro atoms. The predicted octanol–water partition coefficient (Wildman–Crippen LogP) is 18.2. The monoisotopic (exact) mass is 874 g/mol. The maximum atomic E-state index is 2.53. The van der Waals surface area contributed by atoms with Gasteiger partial charge < -0.3 is 19.6 Å². The summed E-state index contributed by atoms with van der Waals surface area (Å²) in [7, 11) is 0. The molecular formula is C63H62N4. The lowest BCUT2D eigenvalue weighted by Crippen LogP contribution is -2.20. The highest BCUT2D eigenvalue weighted by molar-refractivity contribution is 5.90. The Bertz CT molecular complexity index is 3000. The van der Waals surface area contributed by atoms with Crippen LogP contribution in [-0.2, 0) is 0 Å². The zero-order valence-corrected chi connectivity index (χ0v) is 40.6. The van der Waals surface area contributed by atoms with Gasteiger partial charge in [-0.25, -0.2) is 0 Å². The van der Waals surface area contributed by atoms with E-state index in [1.165, 1.54) is 67.1 Å². The number of benzene rings is 8. The summed E-state index contributed by atoms with van der Waals surface area (Å²) < 4.78 is 0. The van der Waals surface area contributed by atoms with Crippen LogP contribution in [0.2, 0.25) is 0 Å². The maximum absolute atomic E-state index is 2.53. The number of para-hydroxylation sites is 2. The van der Waals surface area contributed by atoms with E-state index in [2.05, 4.69) is 270 Å². The Kier molecular flexibility index (Phi) is 12.7. The van der Waals surface area contributed by atoms with Crippen LogP contribution >= 0.6 is 0 Å². The van der Waals surface area contributed by atoms with Crippen LogP contribution < -0.4 is 19.6 Å². The van der Waals surface area contributed by atoms with Gasteiger partial charge in [-0.2, -0.15) is 0 Å². The first-order valence-electron chi connectivity index (χ1n) is 23.7. The van der Waals surface area contributed by atoms with Crippen molar-refractivity contribution in [2.75, 3.05) is 19.6 Å². The number of hydrogen-bond donors (Lipinski definition) is 0. The number of nitrogens with zero attached hydrogens (tertiary/aromatic N) is 4. The van der Waals surface area contributed by atoms with Crippen LogP contribution in [0, 0.1) is 62.3 Å². The third-order valence-electron chi connectivity index (χ3n) is 13.0. The molecule has 4 nitrogen and oxygen atoms in total. The molecule has 0 radical (unpaired) electrons. The molecule has 0 heterocycles. The molecule has 8 aromatic carbocycles. The minimum atomic E-state index is 1.03. The third kappa shape index (κ3) is 9.18. The molecule has 0 unspecified atom stereocenters. The van der Waals surface area contributed by atoms with E-state index in [4.69, 9.17) is 0 Å². The summed E-state index contributed by atoms with van der Waals surface area (Å²) in [6.07, 6.45) is 9.05. The molecule has 0 atom stereocenters. The Morgan fingerprint density at radius 2 is 0.597 bits per heavy atom. The normalized spacial score (nSPS) is 12.2. The van der Waals surface area contributed by atoms with E-state index in [9.17, 15) is 0 Å². The van der Waals surface area contributed by atoms with E-state index in [-0.39, 0.29) is 0 Å². The summed E-state index contributed by atoms with van der Waals surface area (Å²) in [6.45, 7) is 20.1. The molecule has 0 bridgehead atoms. The zero-order chi connectivity index (χ0) is 46.8. The molecule has 0 fully saturated rings. The SMILES string of the molecule is Cc1cccc(N(C2=CCCC=C2)c2cc(C)c(N(c3cc(C)c(N(c4ccccc4)c4cccc(C)c4)cc3C)c3cc(C)c(N(c4ccccc4)c4cccc(C)c4)cc3C)cc2C)c1. The van der Waals surface area contributed by atoms with Crippen LogP contribution in [0.3, 0.4) is 0 Å². The fourth-order valence-electron chi connectivity index (χ4n) is 9.69. The Balaban J connectivity index is 1.25. The van der Waals surface area contributed by atoms with E-state index >= 15 is 0 Å². The highest BCUT2D eigenvalue weighted by Gasteiger charge is 2.27. The highest BCUT2D eigenvalue weighted by atomic mass is 15.2. The molecule has 0 aliphatic heterocycles. The van der Waals surface area contributed by atoms with Gasteiger partial charge in [0, 0.05) is 68.3 Å². The largest absolute Gasteiger partial charge is 0.311 e. The lowest BCUT2D eigenvalue weighted by molar-refractivity contribution is 0.995. The average molecular weight is 875 g/mol. The minimum absolute atomic E-state index is 1.03. The van der Waals surface area contributed by atoms with E-state index in [0.717, 1.165) is 64.0 Å². The van der Waals surface area contributed by atoms with Gasteiger partial charge in [-0.15, -0.1) is 0 Å². The predicted molar refractivity (Wildman–Crippen MR) is 288 cm³/mol. The molecular weight excluding hydrogens is 813 g/mol. The minimum Gasteiger partial charge on any atom is -0.311 e. The van der Waals surface area contributed by atoms with Crippen molar-refractivity contribution in [2.45, 2.75) is 75.2 Å². The van der Waals surface area contributed by atoms with E-state index in [0.29, 0.717) is 0 Å². The molecule has 67 heavy (non-hydrogen) atoms. The van der Waals surface area contributed by atoms with Gasteiger partial charge in [0.15, 0.2) is 0 Å². The quantitative estimate of drug-likeness (QED) is 0.121. The van der Waals surface area contributed by atoms with Gasteiger partial charge in [-0.1, -0.05) is 84.9 Å². The van der Waals surface area contributed by atoms with E-state index in [1.807, 2.05) is 0 Å².